The van der Waals surface area contributed by atoms with E-state index in [1.165, 1.54) is 12.1 Å². The molecule has 0 aromatic carbocycles. The second-order valence-corrected chi connectivity index (χ2v) is 4.19. The van der Waals surface area contributed by atoms with E-state index >= 15 is 0 Å². The number of nitrogens with one attached hydrogen (secondary N) is 2. The summed E-state index contributed by atoms with van der Waals surface area (Å²) in [5.74, 6) is -1.24. The molecule has 2 heterocycles. The van der Waals surface area contributed by atoms with Crippen molar-refractivity contribution in [1.29, 1.82) is 0 Å². The summed E-state index contributed by atoms with van der Waals surface area (Å²) in [5.41, 5.74) is 0.355. The number of hydrogen-bond acceptors (Lipinski definition) is 4. The van der Waals surface area contributed by atoms with Crippen molar-refractivity contribution in [3.8, 4) is 0 Å². The molecule has 0 atom stereocenters. The van der Waals surface area contributed by atoms with Crippen LogP contribution in [0, 0.1) is 5.95 Å². The molecule has 1 aromatic rings. The Bertz CT molecular complexity index is 449. The van der Waals surface area contributed by atoms with Crippen LogP contribution in [0.3, 0.4) is 0 Å². The van der Waals surface area contributed by atoms with Gasteiger partial charge < -0.3 is 15.5 Å². The van der Waals surface area contributed by atoms with E-state index in [-0.39, 0.29) is 12.2 Å². The predicted octanol–water partition coefficient (Wildman–Crippen LogP) is 0.330. The van der Waals surface area contributed by atoms with Crippen LogP contribution >= 0.6 is 0 Å². The number of pyridine rings is 1. The van der Waals surface area contributed by atoms with Gasteiger partial charge in [0.25, 0.3) is 5.91 Å². The largest absolute Gasteiger partial charge is 0.365 e. The van der Waals surface area contributed by atoms with Gasteiger partial charge in [-0.15, -0.1) is 0 Å². The lowest BCUT2D eigenvalue weighted by molar-refractivity contribution is 0.0944. The molecule has 2 N–H and O–H groups in total. The molecule has 0 spiro atoms. The number of halogens is 2. The first-order valence-corrected chi connectivity index (χ1v) is 6.18. The average Bonchev–Trinajstić information content (AvgIpc) is 2.45. The number of hydrogen-bond donors (Lipinski definition) is 2. The molecule has 0 unspecified atom stereocenters. The van der Waals surface area contributed by atoms with Crippen molar-refractivity contribution in [1.82, 2.24) is 15.6 Å². The third-order valence-corrected chi connectivity index (χ3v) is 2.90. The van der Waals surface area contributed by atoms with Crippen LogP contribution < -0.4 is 15.5 Å². The lowest BCUT2D eigenvalue weighted by Crippen LogP contribution is -2.44. The van der Waals surface area contributed by atoms with E-state index in [9.17, 15) is 13.6 Å². The number of aromatic nitrogens is 1. The van der Waals surface area contributed by atoms with E-state index in [0.717, 1.165) is 13.1 Å². The highest BCUT2D eigenvalue weighted by Gasteiger charge is 2.17. The first-order chi connectivity index (χ1) is 9.22. The standard InChI is InChI=1S/C12H16F2N4O/c13-3-4-16-12(19)9-1-2-10(11(14)17-9)18-7-5-15-6-8-18/h1-2,15H,3-8H2,(H,16,19). The van der Waals surface area contributed by atoms with Gasteiger partial charge in [0.05, 0.1) is 5.69 Å². The molecule has 1 saturated heterocycles. The first kappa shape index (κ1) is 13.7. The van der Waals surface area contributed by atoms with E-state index in [1.807, 2.05) is 4.90 Å². The highest BCUT2D eigenvalue weighted by molar-refractivity contribution is 5.92. The molecule has 1 aliphatic rings. The lowest BCUT2D eigenvalue weighted by Gasteiger charge is -2.29. The Kier molecular flexibility index (Phi) is 4.62. The lowest BCUT2D eigenvalue weighted by atomic mass is 10.2. The van der Waals surface area contributed by atoms with Crippen LogP contribution in [0.4, 0.5) is 14.5 Å². The molecule has 5 nitrogen and oxygen atoms in total. The fourth-order valence-corrected chi connectivity index (χ4v) is 1.95. The number of alkyl halides is 1. The topological polar surface area (TPSA) is 57.3 Å². The summed E-state index contributed by atoms with van der Waals surface area (Å²) in [4.78, 5) is 17.0. The minimum atomic E-state index is -0.671. The van der Waals surface area contributed by atoms with Gasteiger partial charge in [0, 0.05) is 32.7 Å². The molecule has 7 heteroatoms. The quantitative estimate of drug-likeness (QED) is 0.774. The Morgan fingerprint density at radius 3 is 2.79 bits per heavy atom. The number of amides is 1. The van der Waals surface area contributed by atoms with Gasteiger partial charge in [-0.3, -0.25) is 4.79 Å². The molecular formula is C12H16F2N4O. The van der Waals surface area contributed by atoms with Crippen LogP contribution in [-0.2, 0) is 0 Å². The zero-order valence-corrected chi connectivity index (χ0v) is 10.5. The molecule has 104 valence electrons. The number of piperazine rings is 1. The fraction of sp³-hybridized carbons (Fsp3) is 0.500. The second-order valence-electron chi connectivity index (χ2n) is 4.19. The molecule has 19 heavy (non-hydrogen) atoms. The van der Waals surface area contributed by atoms with Gasteiger partial charge >= 0.3 is 0 Å². The van der Waals surface area contributed by atoms with E-state index in [0.29, 0.717) is 18.8 Å². The van der Waals surface area contributed by atoms with E-state index in [4.69, 9.17) is 0 Å². The zero-order chi connectivity index (χ0) is 13.7. The van der Waals surface area contributed by atoms with Gasteiger partial charge in [-0.1, -0.05) is 0 Å². The van der Waals surface area contributed by atoms with Gasteiger partial charge in [-0.25, -0.2) is 9.37 Å². The van der Waals surface area contributed by atoms with Crippen LogP contribution in [0.5, 0.6) is 0 Å². The van der Waals surface area contributed by atoms with Gasteiger partial charge in [-0.05, 0) is 12.1 Å². The molecule has 1 amide bonds. The van der Waals surface area contributed by atoms with Gasteiger partial charge in [-0.2, -0.15) is 4.39 Å². The Morgan fingerprint density at radius 1 is 1.42 bits per heavy atom. The molecule has 1 aromatic heterocycles. The number of carbonyl (C=O) groups is 1. The van der Waals surface area contributed by atoms with Crippen molar-refractivity contribution in [2.75, 3.05) is 44.3 Å². The maximum atomic E-state index is 13.9. The second kappa shape index (κ2) is 6.42. The predicted molar refractivity (Wildman–Crippen MR) is 67.6 cm³/mol. The van der Waals surface area contributed by atoms with Crippen molar-refractivity contribution in [3.05, 3.63) is 23.8 Å². The van der Waals surface area contributed by atoms with E-state index in [1.54, 1.807) is 0 Å². The maximum absolute atomic E-state index is 13.9. The van der Waals surface area contributed by atoms with E-state index < -0.39 is 18.5 Å². The van der Waals surface area contributed by atoms with Crippen molar-refractivity contribution in [2.45, 2.75) is 0 Å². The third-order valence-electron chi connectivity index (χ3n) is 2.90. The molecular weight excluding hydrogens is 254 g/mol. The maximum Gasteiger partial charge on any atom is 0.270 e. The highest BCUT2D eigenvalue weighted by Crippen LogP contribution is 2.18. The average molecular weight is 270 g/mol. The summed E-state index contributed by atoms with van der Waals surface area (Å²) in [6.07, 6.45) is 0. The number of nitrogens with zero attached hydrogens (tertiary/aromatic N) is 2. The Hall–Kier alpha value is -1.76. The van der Waals surface area contributed by atoms with Crippen molar-refractivity contribution in [3.63, 3.8) is 0 Å². The highest BCUT2D eigenvalue weighted by atomic mass is 19.1. The summed E-state index contributed by atoms with van der Waals surface area (Å²) in [6, 6.07) is 2.99. The third kappa shape index (κ3) is 3.37. The van der Waals surface area contributed by atoms with Crippen LogP contribution in [0.15, 0.2) is 12.1 Å². The van der Waals surface area contributed by atoms with Crippen molar-refractivity contribution in [2.24, 2.45) is 0 Å². The van der Waals surface area contributed by atoms with Crippen LogP contribution in [-0.4, -0.2) is 50.3 Å². The van der Waals surface area contributed by atoms with Crippen molar-refractivity contribution >= 4 is 11.6 Å². The minimum Gasteiger partial charge on any atom is -0.365 e. The summed E-state index contributed by atoms with van der Waals surface area (Å²) in [5, 5.41) is 5.48. The summed E-state index contributed by atoms with van der Waals surface area (Å²) < 4.78 is 25.8. The smallest absolute Gasteiger partial charge is 0.270 e. The minimum absolute atomic E-state index is 0.0372. The Morgan fingerprint density at radius 2 is 2.16 bits per heavy atom. The molecule has 0 saturated carbocycles. The van der Waals surface area contributed by atoms with Gasteiger partial charge in [0.1, 0.15) is 12.4 Å². The SMILES string of the molecule is O=C(NCCF)c1ccc(N2CCNCC2)c(F)n1. The fourth-order valence-electron chi connectivity index (χ4n) is 1.95. The molecule has 2 rings (SSSR count). The van der Waals surface area contributed by atoms with Crippen LogP contribution in [0.1, 0.15) is 10.5 Å². The molecule has 1 aliphatic heterocycles. The molecule has 0 radical (unpaired) electrons. The zero-order valence-electron chi connectivity index (χ0n) is 10.5. The molecule has 1 fully saturated rings. The number of anilines is 1. The molecule has 0 bridgehead atoms. The normalized spacial score (nSPS) is 15.4. The first-order valence-electron chi connectivity index (χ1n) is 6.18. The van der Waals surface area contributed by atoms with Crippen LogP contribution in [0.25, 0.3) is 0 Å². The van der Waals surface area contributed by atoms with Crippen molar-refractivity contribution < 1.29 is 13.6 Å². The summed E-state index contributed by atoms with van der Waals surface area (Å²) in [6.45, 7) is 2.23. The van der Waals surface area contributed by atoms with Gasteiger partial charge in [0.15, 0.2) is 0 Å². The van der Waals surface area contributed by atoms with Crippen LogP contribution in [0.2, 0.25) is 0 Å². The summed E-state index contributed by atoms with van der Waals surface area (Å²) >= 11 is 0. The number of rotatable bonds is 4. The monoisotopic (exact) mass is 270 g/mol. The Balaban J connectivity index is 2.10. The Labute approximate surface area is 110 Å². The number of carbonyl (C=O) groups excluding carboxylic acids is 1. The summed E-state index contributed by atoms with van der Waals surface area (Å²) in [7, 11) is 0. The van der Waals surface area contributed by atoms with Gasteiger partial charge in [0.2, 0.25) is 5.95 Å². The van der Waals surface area contributed by atoms with E-state index in [2.05, 4.69) is 15.6 Å². The molecule has 0 aliphatic carbocycles.